The van der Waals surface area contributed by atoms with Gasteiger partial charge in [0.05, 0.1) is 21.7 Å². The molecule has 0 aliphatic rings. The predicted molar refractivity (Wildman–Crippen MR) is 117 cm³/mol. The molecule has 0 saturated heterocycles. The van der Waals surface area contributed by atoms with Crippen molar-refractivity contribution in [3.63, 3.8) is 0 Å². The molecule has 154 valence electrons. The fourth-order valence-corrected chi connectivity index (χ4v) is 3.47. The highest BCUT2D eigenvalue weighted by Crippen LogP contribution is 2.22. The predicted octanol–water partition coefficient (Wildman–Crippen LogP) is 4.55. The van der Waals surface area contributed by atoms with Crippen LogP contribution in [0.4, 0.5) is 5.95 Å². The Bertz CT molecular complexity index is 1170. The number of amides is 1. The number of halogens is 1. The first-order chi connectivity index (χ1) is 14.7. The highest BCUT2D eigenvalue weighted by Gasteiger charge is 2.16. The first-order valence-electron chi connectivity index (χ1n) is 9.82. The van der Waals surface area contributed by atoms with E-state index in [0.29, 0.717) is 36.4 Å². The normalized spacial score (nSPS) is 11.1. The van der Waals surface area contributed by atoms with E-state index in [9.17, 15) is 4.79 Å². The fraction of sp³-hybridized carbons (Fsp3) is 0.227. The summed E-state index contributed by atoms with van der Waals surface area (Å²) in [6, 6.07) is 16.8. The molecule has 1 N–H and O–H groups in total. The van der Waals surface area contributed by atoms with Gasteiger partial charge in [-0.1, -0.05) is 35.9 Å². The number of benzene rings is 2. The van der Waals surface area contributed by atoms with Gasteiger partial charge >= 0.3 is 0 Å². The summed E-state index contributed by atoms with van der Waals surface area (Å²) in [7, 11) is 0. The first-order valence-corrected chi connectivity index (χ1v) is 10.2. The number of rotatable bonds is 8. The van der Waals surface area contributed by atoms with Crippen LogP contribution in [0.15, 0.2) is 60.8 Å². The SMILES string of the molecule is CCOCCCn1c(NC(=O)c2ccn(-c3ccccc3Cl)n2)nc2ccccc21. The average molecular weight is 424 g/mol. The summed E-state index contributed by atoms with van der Waals surface area (Å²) in [6.07, 6.45) is 2.53. The zero-order chi connectivity index (χ0) is 20.9. The zero-order valence-corrected chi connectivity index (χ0v) is 17.3. The molecule has 0 radical (unpaired) electrons. The van der Waals surface area contributed by atoms with Crippen LogP contribution in [0.3, 0.4) is 0 Å². The van der Waals surface area contributed by atoms with E-state index in [-0.39, 0.29) is 11.6 Å². The minimum Gasteiger partial charge on any atom is -0.382 e. The summed E-state index contributed by atoms with van der Waals surface area (Å²) in [5, 5.41) is 7.83. The van der Waals surface area contributed by atoms with Crippen molar-refractivity contribution in [2.75, 3.05) is 18.5 Å². The Hall–Kier alpha value is -3.16. The van der Waals surface area contributed by atoms with Gasteiger partial charge in [0, 0.05) is 26.0 Å². The summed E-state index contributed by atoms with van der Waals surface area (Å²) in [6.45, 7) is 3.99. The molecule has 0 spiro atoms. The lowest BCUT2D eigenvalue weighted by atomic mass is 10.3. The molecular formula is C22H22ClN5O2. The van der Waals surface area contributed by atoms with E-state index in [1.54, 1.807) is 23.0 Å². The minimum absolute atomic E-state index is 0.280. The molecule has 0 saturated carbocycles. The average Bonchev–Trinajstić information content (AvgIpc) is 3.37. The van der Waals surface area contributed by atoms with Gasteiger partial charge in [0.1, 0.15) is 0 Å². The van der Waals surface area contributed by atoms with Crippen LogP contribution in [0, 0.1) is 0 Å². The van der Waals surface area contributed by atoms with Gasteiger partial charge in [-0.05, 0) is 43.7 Å². The number of hydrogen-bond acceptors (Lipinski definition) is 4. The van der Waals surface area contributed by atoms with Crippen molar-refractivity contribution >= 4 is 34.5 Å². The number of carbonyl (C=O) groups is 1. The largest absolute Gasteiger partial charge is 0.382 e. The maximum atomic E-state index is 12.9. The Morgan fingerprint density at radius 2 is 1.93 bits per heavy atom. The molecule has 0 bridgehead atoms. The molecule has 4 rings (SSSR count). The van der Waals surface area contributed by atoms with Crippen molar-refractivity contribution in [2.24, 2.45) is 0 Å². The standard InChI is InChI=1S/C22H22ClN5O2/c1-2-30-15-7-13-27-20-11-6-4-9-17(20)24-22(27)25-21(29)18-12-14-28(26-18)19-10-5-3-8-16(19)23/h3-6,8-12,14H,2,7,13,15H2,1H3,(H,24,25,29). The summed E-state index contributed by atoms with van der Waals surface area (Å²) < 4.78 is 9.03. The second-order valence-electron chi connectivity index (χ2n) is 6.68. The minimum atomic E-state index is -0.331. The molecule has 0 aliphatic heterocycles. The number of para-hydroxylation sites is 3. The third-order valence-corrected chi connectivity index (χ3v) is 5.00. The quantitative estimate of drug-likeness (QED) is 0.422. The monoisotopic (exact) mass is 423 g/mol. The Morgan fingerprint density at radius 1 is 1.13 bits per heavy atom. The van der Waals surface area contributed by atoms with Crippen LogP contribution < -0.4 is 5.32 Å². The number of nitrogens with one attached hydrogen (secondary N) is 1. The Labute approximate surface area is 179 Å². The molecule has 30 heavy (non-hydrogen) atoms. The van der Waals surface area contributed by atoms with Gasteiger partial charge in [0.25, 0.3) is 5.91 Å². The molecule has 2 heterocycles. The van der Waals surface area contributed by atoms with Gasteiger partial charge in [-0.25, -0.2) is 9.67 Å². The van der Waals surface area contributed by atoms with E-state index in [0.717, 1.165) is 17.5 Å². The van der Waals surface area contributed by atoms with E-state index in [1.807, 2.05) is 54.0 Å². The number of hydrogen-bond donors (Lipinski definition) is 1. The lowest BCUT2D eigenvalue weighted by molar-refractivity contribution is 0.102. The maximum Gasteiger partial charge on any atom is 0.278 e. The lowest BCUT2D eigenvalue weighted by Crippen LogP contribution is -2.17. The number of anilines is 1. The highest BCUT2D eigenvalue weighted by atomic mass is 35.5. The van der Waals surface area contributed by atoms with Crippen LogP contribution in [0.2, 0.25) is 5.02 Å². The highest BCUT2D eigenvalue weighted by molar-refractivity contribution is 6.32. The van der Waals surface area contributed by atoms with Crippen LogP contribution in [-0.4, -0.2) is 38.5 Å². The molecule has 8 heteroatoms. The van der Waals surface area contributed by atoms with Crippen molar-refractivity contribution in [3.8, 4) is 5.69 Å². The molecule has 4 aromatic rings. The van der Waals surface area contributed by atoms with Gasteiger partial charge < -0.3 is 9.30 Å². The van der Waals surface area contributed by atoms with Crippen LogP contribution in [0.5, 0.6) is 0 Å². The molecule has 0 unspecified atom stereocenters. The number of fused-ring (bicyclic) bond motifs is 1. The van der Waals surface area contributed by atoms with E-state index < -0.39 is 0 Å². The smallest absolute Gasteiger partial charge is 0.278 e. The van der Waals surface area contributed by atoms with Crippen LogP contribution in [-0.2, 0) is 11.3 Å². The number of carbonyl (C=O) groups excluding carboxylic acids is 1. The Balaban J connectivity index is 1.56. The lowest BCUT2D eigenvalue weighted by Gasteiger charge is -2.09. The second kappa shape index (κ2) is 9.11. The van der Waals surface area contributed by atoms with Crippen LogP contribution >= 0.6 is 11.6 Å². The topological polar surface area (TPSA) is 74.0 Å². The number of ether oxygens (including phenoxy) is 1. The van der Waals surface area contributed by atoms with Crippen molar-refractivity contribution in [1.29, 1.82) is 0 Å². The van der Waals surface area contributed by atoms with Gasteiger partial charge in [-0.3, -0.25) is 10.1 Å². The van der Waals surface area contributed by atoms with E-state index >= 15 is 0 Å². The van der Waals surface area contributed by atoms with Crippen molar-refractivity contribution in [1.82, 2.24) is 19.3 Å². The molecule has 1 amide bonds. The van der Waals surface area contributed by atoms with Gasteiger partial charge in [0.2, 0.25) is 5.95 Å². The third-order valence-electron chi connectivity index (χ3n) is 4.68. The van der Waals surface area contributed by atoms with Crippen molar-refractivity contribution in [2.45, 2.75) is 19.9 Å². The molecule has 0 aliphatic carbocycles. The number of aromatic nitrogens is 4. The van der Waals surface area contributed by atoms with Crippen molar-refractivity contribution < 1.29 is 9.53 Å². The molecular weight excluding hydrogens is 402 g/mol. The molecule has 2 aromatic heterocycles. The summed E-state index contributed by atoms with van der Waals surface area (Å²) in [5.74, 6) is 0.159. The number of imidazole rings is 1. The fourth-order valence-electron chi connectivity index (χ4n) is 3.25. The van der Waals surface area contributed by atoms with Gasteiger partial charge in [0.15, 0.2) is 5.69 Å². The molecule has 0 atom stereocenters. The van der Waals surface area contributed by atoms with Crippen molar-refractivity contribution in [3.05, 3.63) is 71.5 Å². The van der Waals surface area contributed by atoms with Gasteiger partial charge in [-0.2, -0.15) is 5.10 Å². The van der Waals surface area contributed by atoms with E-state index in [1.165, 1.54) is 0 Å². The summed E-state index contributed by atoms with van der Waals surface area (Å²) in [5.41, 5.74) is 2.78. The molecule has 2 aromatic carbocycles. The number of nitrogens with zero attached hydrogens (tertiary/aromatic N) is 4. The zero-order valence-electron chi connectivity index (χ0n) is 16.6. The summed E-state index contributed by atoms with van der Waals surface area (Å²) in [4.78, 5) is 17.4. The maximum absolute atomic E-state index is 12.9. The van der Waals surface area contributed by atoms with E-state index in [2.05, 4.69) is 15.4 Å². The third kappa shape index (κ3) is 4.22. The first kappa shape index (κ1) is 20.1. The Kier molecular flexibility index (Phi) is 6.11. The second-order valence-corrected chi connectivity index (χ2v) is 7.08. The molecule has 0 fully saturated rings. The van der Waals surface area contributed by atoms with E-state index in [4.69, 9.17) is 16.3 Å². The Morgan fingerprint density at radius 3 is 2.77 bits per heavy atom. The van der Waals surface area contributed by atoms with Gasteiger partial charge in [-0.15, -0.1) is 0 Å². The summed E-state index contributed by atoms with van der Waals surface area (Å²) >= 11 is 6.23. The van der Waals surface area contributed by atoms with Crippen LogP contribution in [0.25, 0.3) is 16.7 Å². The van der Waals surface area contributed by atoms with Crippen LogP contribution in [0.1, 0.15) is 23.8 Å². The number of aryl methyl sites for hydroxylation is 1. The molecule has 7 nitrogen and oxygen atoms in total.